The largest absolute Gasteiger partial charge is 0.372 e. The lowest BCUT2D eigenvalue weighted by molar-refractivity contribution is 0.436. The summed E-state index contributed by atoms with van der Waals surface area (Å²) in [7, 11) is 0. The lowest BCUT2D eigenvalue weighted by atomic mass is 9.98. The molecule has 0 saturated heterocycles. The summed E-state index contributed by atoms with van der Waals surface area (Å²) in [5, 5.41) is 13.5. The van der Waals surface area contributed by atoms with Crippen LogP contribution in [0.15, 0.2) is 0 Å². The molecule has 1 heterocycles. The smallest absolute Gasteiger partial charge is 0.127 e. The highest BCUT2D eigenvalue weighted by atomic mass is 32.1. The Morgan fingerprint density at radius 1 is 1.44 bits per heavy atom. The fourth-order valence-electron chi connectivity index (χ4n) is 2.34. The van der Waals surface area contributed by atoms with E-state index in [0.717, 1.165) is 22.2 Å². The molecule has 86 valence electrons. The standard InChI is InChI=1S/C12H17N3S/c1-7-4-5-11(8(7)2)14-12-10(6-13)9(3)15-16-12/h7-8,11,14H,4-5H2,1-3H3. The minimum Gasteiger partial charge on any atom is -0.372 e. The second-order valence-corrected chi connectivity index (χ2v) is 5.52. The first-order chi connectivity index (χ1) is 7.63. The van der Waals surface area contributed by atoms with Gasteiger partial charge in [0.15, 0.2) is 0 Å². The normalized spacial score (nSPS) is 29.0. The van der Waals surface area contributed by atoms with E-state index in [9.17, 15) is 0 Å². The Morgan fingerprint density at radius 3 is 2.75 bits per heavy atom. The Bertz CT molecular complexity index is 418. The van der Waals surface area contributed by atoms with Crippen molar-refractivity contribution in [3.05, 3.63) is 11.3 Å². The molecule has 0 amide bonds. The Kier molecular flexibility index (Phi) is 3.15. The van der Waals surface area contributed by atoms with Crippen molar-refractivity contribution in [2.45, 2.75) is 39.7 Å². The maximum absolute atomic E-state index is 9.06. The summed E-state index contributed by atoms with van der Waals surface area (Å²) in [5.74, 6) is 1.45. The molecule has 1 fully saturated rings. The van der Waals surface area contributed by atoms with Crippen LogP contribution in [-0.2, 0) is 0 Å². The van der Waals surface area contributed by atoms with Crippen molar-refractivity contribution < 1.29 is 0 Å². The number of rotatable bonds is 2. The Morgan fingerprint density at radius 2 is 2.19 bits per heavy atom. The summed E-state index contributed by atoms with van der Waals surface area (Å²) in [6.45, 7) is 6.48. The van der Waals surface area contributed by atoms with Crippen molar-refractivity contribution >= 4 is 16.5 Å². The zero-order valence-corrected chi connectivity index (χ0v) is 10.8. The van der Waals surface area contributed by atoms with E-state index in [1.807, 2.05) is 6.92 Å². The molecule has 3 nitrogen and oxygen atoms in total. The van der Waals surface area contributed by atoms with Crippen LogP contribution >= 0.6 is 11.5 Å². The van der Waals surface area contributed by atoms with Gasteiger partial charge in [-0.2, -0.15) is 9.64 Å². The maximum atomic E-state index is 9.06. The van der Waals surface area contributed by atoms with Gasteiger partial charge in [-0.05, 0) is 43.1 Å². The molecule has 3 unspecified atom stereocenters. The van der Waals surface area contributed by atoms with E-state index in [-0.39, 0.29) is 0 Å². The van der Waals surface area contributed by atoms with Gasteiger partial charge in [-0.15, -0.1) is 0 Å². The summed E-state index contributed by atoms with van der Waals surface area (Å²) < 4.78 is 4.23. The molecule has 1 aliphatic rings. The van der Waals surface area contributed by atoms with Gasteiger partial charge in [0.2, 0.25) is 0 Å². The number of aromatic nitrogens is 1. The molecule has 1 aliphatic carbocycles. The number of nitrogens with one attached hydrogen (secondary N) is 1. The quantitative estimate of drug-likeness (QED) is 0.856. The number of nitrogens with zero attached hydrogens (tertiary/aromatic N) is 2. The van der Waals surface area contributed by atoms with E-state index in [4.69, 9.17) is 5.26 Å². The SMILES string of the molecule is Cc1nsc(NC2CCC(C)C2C)c1C#N. The van der Waals surface area contributed by atoms with Gasteiger partial charge in [-0.25, -0.2) is 0 Å². The van der Waals surface area contributed by atoms with Gasteiger partial charge in [-0.3, -0.25) is 0 Å². The Hall–Kier alpha value is -1.08. The average molecular weight is 235 g/mol. The van der Waals surface area contributed by atoms with E-state index < -0.39 is 0 Å². The van der Waals surface area contributed by atoms with E-state index in [1.165, 1.54) is 24.4 Å². The number of hydrogen-bond donors (Lipinski definition) is 1. The monoisotopic (exact) mass is 235 g/mol. The van der Waals surface area contributed by atoms with Crippen LogP contribution in [0, 0.1) is 30.1 Å². The molecule has 0 radical (unpaired) electrons. The summed E-state index contributed by atoms with van der Waals surface area (Å²) in [6, 6.07) is 2.73. The first-order valence-electron chi connectivity index (χ1n) is 5.76. The molecule has 1 saturated carbocycles. The van der Waals surface area contributed by atoms with Gasteiger partial charge in [0.25, 0.3) is 0 Å². The van der Waals surface area contributed by atoms with Crippen LogP contribution in [0.5, 0.6) is 0 Å². The summed E-state index contributed by atoms with van der Waals surface area (Å²) in [4.78, 5) is 0. The molecule has 16 heavy (non-hydrogen) atoms. The topological polar surface area (TPSA) is 48.7 Å². The molecule has 1 aromatic heterocycles. The maximum Gasteiger partial charge on any atom is 0.127 e. The zero-order chi connectivity index (χ0) is 11.7. The zero-order valence-electron chi connectivity index (χ0n) is 9.95. The van der Waals surface area contributed by atoms with Crippen molar-refractivity contribution in [1.29, 1.82) is 5.26 Å². The first kappa shape index (κ1) is 11.4. The van der Waals surface area contributed by atoms with Crippen molar-refractivity contribution in [2.75, 3.05) is 5.32 Å². The third-order valence-corrected chi connectivity index (χ3v) is 4.63. The van der Waals surface area contributed by atoms with Gasteiger partial charge in [0.1, 0.15) is 16.6 Å². The molecule has 1 aromatic rings. The number of hydrogen-bond acceptors (Lipinski definition) is 4. The van der Waals surface area contributed by atoms with Crippen LogP contribution in [0.2, 0.25) is 0 Å². The van der Waals surface area contributed by atoms with E-state index in [1.54, 1.807) is 0 Å². The van der Waals surface area contributed by atoms with E-state index in [2.05, 4.69) is 29.6 Å². The molecule has 0 bridgehead atoms. The van der Waals surface area contributed by atoms with Crippen LogP contribution in [0.25, 0.3) is 0 Å². The van der Waals surface area contributed by atoms with Crippen LogP contribution in [0.4, 0.5) is 5.00 Å². The minimum atomic E-state index is 0.502. The fraction of sp³-hybridized carbons (Fsp3) is 0.667. The molecule has 0 aromatic carbocycles. The van der Waals surface area contributed by atoms with E-state index in [0.29, 0.717) is 12.0 Å². The summed E-state index contributed by atoms with van der Waals surface area (Å²) in [5.41, 5.74) is 1.56. The minimum absolute atomic E-state index is 0.502. The Balaban J connectivity index is 2.13. The molecule has 0 aliphatic heterocycles. The molecular weight excluding hydrogens is 218 g/mol. The molecule has 3 atom stereocenters. The number of aryl methyl sites for hydroxylation is 1. The summed E-state index contributed by atoms with van der Waals surface area (Å²) >= 11 is 1.41. The molecule has 2 rings (SSSR count). The number of anilines is 1. The number of nitriles is 1. The van der Waals surface area contributed by atoms with E-state index >= 15 is 0 Å². The highest BCUT2D eigenvalue weighted by molar-refractivity contribution is 7.10. The predicted molar refractivity (Wildman–Crippen MR) is 66.5 cm³/mol. The van der Waals surface area contributed by atoms with Gasteiger partial charge < -0.3 is 5.32 Å². The average Bonchev–Trinajstić information content (AvgIpc) is 2.76. The molecular formula is C12H17N3S. The highest BCUT2D eigenvalue weighted by Gasteiger charge is 2.30. The predicted octanol–water partition coefficient (Wildman–Crippen LogP) is 3.17. The van der Waals surface area contributed by atoms with Crippen LogP contribution in [0.3, 0.4) is 0 Å². The fourth-order valence-corrected chi connectivity index (χ4v) is 3.14. The molecule has 4 heteroatoms. The lowest BCUT2D eigenvalue weighted by Crippen LogP contribution is -2.23. The summed E-state index contributed by atoms with van der Waals surface area (Å²) in [6.07, 6.45) is 2.47. The van der Waals surface area contributed by atoms with Gasteiger partial charge in [0, 0.05) is 6.04 Å². The third-order valence-electron chi connectivity index (χ3n) is 3.76. The van der Waals surface area contributed by atoms with Gasteiger partial charge in [-0.1, -0.05) is 13.8 Å². The first-order valence-corrected chi connectivity index (χ1v) is 6.53. The Labute approximate surface area is 101 Å². The van der Waals surface area contributed by atoms with Crippen molar-refractivity contribution in [3.63, 3.8) is 0 Å². The highest BCUT2D eigenvalue weighted by Crippen LogP contribution is 2.35. The second-order valence-electron chi connectivity index (χ2n) is 4.75. The van der Waals surface area contributed by atoms with Crippen LogP contribution in [-0.4, -0.2) is 10.4 Å². The van der Waals surface area contributed by atoms with Crippen LogP contribution in [0.1, 0.15) is 37.9 Å². The lowest BCUT2D eigenvalue weighted by Gasteiger charge is -2.19. The second kappa shape index (κ2) is 4.42. The van der Waals surface area contributed by atoms with Crippen molar-refractivity contribution in [3.8, 4) is 6.07 Å². The van der Waals surface area contributed by atoms with Crippen LogP contribution < -0.4 is 5.32 Å². The molecule has 1 N–H and O–H groups in total. The molecule has 0 spiro atoms. The van der Waals surface area contributed by atoms with Crippen molar-refractivity contribution in [1.82, 2.24) is 4.37 Å². The third kappa shape index (κ3) is 1.92. The van der Waals surface area contributed by atoms with Gasteiger partial charge >= 0.3 is 0 Å². The van der Waals surface area contributed by atoms with Gasteiger partial charge in [0.05, 0.1) is 5.69 Å². The van der Waals surface area contributed by atoms with Crippen molar-refractivity contribution in [2.24, 2.45) is 11.8 Å².